The van der Waals surface area contributed by atoms with Gasteiger partial charge in [-0.1, -0.05) is 18.2 Å². The predicted octanol–water partition coefficient (Wildman–Crippen LogP) is 3.99. The molecule has 0 spiro atoms. The van der Waals surface area contributed by atoms with Crippen LogP contribution in [0.25, 0.3) is 10.9 Å². The number of para-hydroxylation sites is 1. The van der Waals surface area contributed by atoms with Crippen LogP contribution in [0.5, 0.6) is 0 Å². The van der Waals surface area contributed by atoms with Crippen molar-refractivity contribution < 1.29 is 9.59 Å². The van der Waals surface area contributed by atoms with Crippen LogP contribution in [0.3, 0.4) is 0 Å². The van der Waals surface area contributed by atoms with E-state index in [9.17, 15) is 9.59 Å². The van der Waals surface area contributed by atoms with Crippen molar-refractivity contribution in [1.29, 1.82) is 0 Å². The summed E-state index contributed by atoms with van der Waals surface area (Å²) in [6.07, 6.45) is 2.30. The van der Waals surface area contributed by atoms with Crippen LogP contribution in [0.1, 0.15) is 40.0 Å². The molecule has 27 heavy (non-hydrogen) atoms. The highest BCUT2D eigenvalue weighted by atomic mass is 32.1. The van der Waals surface area contributed by atoms with Crippen LogP contribution < -0.4 is 10.6 Å². The number of carbonyl (C=O) groups excluding carboxylic acids is 2. The molecule has 3 aromatic rings. The summed E-state index contributed by atoms with van der Waals surface area (Å²) >= 11 is 1.37. The number of pyridine rings is 1. The Morgan fingerprint density at radius 1 is 1.19 bits per heavy atom. The fourth-order valence-electron chi connectivity index (χ4n) is 3.24. The van der Waals surface area contributed by atoms with Gasteiger partial charge in [0.25, 0.3) is 5.91 Å². The Kier molecular flexibility index (Phi) is 4.66. The Morgan fingerprint density at radius 3 is 2.74 bits per heavy atom. The zero-order valence-electron chi connectivity index (χ0n) is 15.3. The standard InChI is InChI=1S/C21H21N3O2S/c1-12-15-5-3-4-6-18(15)22-13(2)17(12)11-19(25)24-21-16(9-10-27-21)20(26)23-14-7-8-14/h3-6,9-10,14H,7-8,11H2,1-2H3,(H,23,26)(H,24,25). The van der Waals surface area contributed by atoms with Crippen molar-refractivity contribution in [3.05, 3.63) is 58.1 Å². The lowest BCUT2D eigenvalue weighted by Gasteiger charge is -2.13. The van der Waals surface area contributed by atoms with E-state index in [-0.39, 0.29) is 24.3 Å². The second-order valence-electron chi connectivity index (χ2n) is 6.95. The number of rotatable bonds is 5. The van der Waals surface area contributed by atoms with Gasteiger partial charge in [-0.15, -0.1) is 11.3 Å². The summed E-state index contributed by atoms with van der Waals surface area (Å²) in [7, 11) is 0. The number of thiophene rings is 1. The Morgan fingerprint density at radius 2 is 1.96 bits per heavy atom. The molecule has 1 aliphatic carbocycles. The zero-order chi connectivity index (χ0) is 19.0. The van der Waals surface area contributed by atoms with Crippen LogP contribution in [-0.4, -0.2) is 22.8 Å². The molecule has 1 fully saturated rings. The third kappa shape index (κ3) is 3.71. The van der Waals surface area contributed by atoms with E-state index in [1.165, 1.54) is 11.3 Å². The number of hydrogen-bond donors (Lipinski definition) is 2. The van der Waals surface area contributed by atoms with Crippen molar-refractivity contribution in [1.82, 2.24) is 10.3 Å². The third-order valence-electron chi connectivity index (χ3n) is 4.90. The number of anilines is 1. The summed E-state index contributed by atoms with van der Waals surface area (Å²) in [6, 6.07) is 9.99. The van der Waals surface area contributed by atoms with E-state index in [1.54, 1.807) is 6.07 Å². The minimum Gasteiger partial charge on any atom is -0.349 e. The smallest absolute Gasteiger partial charge is 0.254 e. The predicted molar refractivity (Wildman–Crippen MR) is 108 cm³/mol. The van der Waals surface area contributed by atoms with Gasteiger partial charge in [-0.25, -0.2) is 0 Å². The third-order valence-corrected chi connectivity index (χ3v) is 5.73. The van der Waals surface area contributed by atoms with Gasteiger partial charge in [0, 0.05) is 17.1 Å². The summed E-state index contributed by atoms with van der Waals surface area (Å²) < 4.78 is 0. The van der Waals surface area contributed by atoms with E-state index in [2.05, 4.69) is 15.6 Å². The highest BCUT2D eigenvalue weighted by molar-refractivity contribution is 7.14. The average molecular weight is 379 g/mol. The number of hydrogen-bond acceptors (Lipinski definition) is 4. The topological polar surface area (TPSA) is 71.1 Å². The molecule has 6 heteroatoms. The average Bonchev–Trinajstić information content (AvgIpc) is 3.33. The largest absolute Gasteiger partial charge is 0.349 e. The van der Waals surface area contributed by atoms with Crippen molar-refractivity contribution in [3.8, 4) is 0 Å². The van der Waals surface area contributed by atoms with Crippen molar-refractivity contribution in [2.24, 2.45) is 0 Å². The number of nitrogens with zero attached hydrogens (tertiary/aromatic N) is 1. The molecule has 0 radical (unpaired) electrons. The first-order valence-electron chi connectivity index (χ1n) is 9.06. The van der Waals surface area contributed by atoms with Gasteiger partial charge >= 0.3 is 0 Å². The molecular weight excluding hydrogens is 358 g/mol. The Labute approximate surface area is 161 Å². The summed E-state index contributed by atoms with van der Waals surface area (Å²) in [5, 5.41) is 9.36. The van der Waals surface area contributed by atoms with Crippen molar-refractivity contribution in [2.75, 3.05) is 5.32 Å². The molecule has 1 aliphatic rings. The normalized spacial score (nSPS) is 13.6. The highest BCUT2D eigenvalue weighted by Crippen LogP contribution is 2.27. The number of benzene rings is 1. The van der Waals surface area contributed by atoms with E-state index in [4.69, 9.17) is 0 Å². The lowest BCUT2D eigenvalue weighted by molar-refractivity contribution is -0.115. The SMILES string of the molecule is Cc1nc2ccccc2c(C)c1CC(=O)Nc1sccc1C(=O)NC1CC1. The lowest BCUT2D eigenvalue weighted by Crippen LogP contribution is -2.26. The summed E-state index contributed by atoms with van der Waals surface area (Å²) in [5.41, 5.74) is 4.34. The first-order valence-corrected chi connectivity index (χ1v) is 9.94. The number of aryl methyl sites for hydroxylation is 2. The zero-order valence-corrected chi connectivity index (χ0v) is 16.2. The molecule has 0 unspecified atom stereocenters. The molecule has 0 saturated heterocycles. The Hall–Kier alpha value is -2.73. The maximum atomic E-state index is 12.7. The highest BCUT2D eigenvalue weighted by Gasteiger charge is 2.25. The van der Waals surface area contributed by atoms with E-state index in [0.717, 1.165) is 40.6 Å². The maximum absolute atomic E-state index is 12.7. The molecule has 2 aromatic heterocycles. The van der Waals surface area contributed by atoms with Gasteiger partial charge in [-0.2, -0.15) is 0 Å². The second kappa shape index (κ2) is 7.12. The number of aromatic nitrogens is 1. The summed E-state index contributed by atoms with van der Waals surface area (Å²) in [4.78, 5) is 29.6. The van der Waals surface area contributed by atoms with E-state index >= 15 is 0 Å². The minimum atomic E-state index is -0.138. The van der Waals surface area contributed by atoms with Crippen molar-refractivity contribution in [3.63, 3.8) is 0 Å². The molecule has 4 rings (SSSR count). The summed E-state index contributed by atoms with van der Waals surface area (Å²) in [6.45, 7) is 3.96. The molecule has 0 bridgehead atoms. The van der Waals surface area contributed by atoms with Crippen LogP contribution in [-0.2, 0) is 11.2 Å². The summed E-state index contributed by atoms with van der Waals surface area (Å²) in [5.74, 6) is -0.255. The van der Waals surface area contributed by atoms with Gasteiger partial charge in [0.05, 0.1) is 17.5 Å². The number of fused-ring (bicyclic) bond motifs is 1. The van der Waals surface area contributed by atoms with Crippen LogP contribution >= 0.6 is 11.3 Å². The number of nitrogens with one attached hydrogen (secondary N) is 2. The fourth-order valence-corrected chi connectivity index (χ4v) is 4.04. The van der Waals surface area contributed by atoms with Crippen molar-refractivity contribution in [2.45, 2.75) is 39.2 Å². The quantitative estimate of drug-likeness (QED) is 0.704. The molecule has 1 aromatic carbocycles. The van der Waals surface area contributed by atoms with Gasteiger partial charge in [0.15, 0.2) is 0 Å². The molecule has 0 aliphatic heterocycles. The van der Waals surface area contributed by atoms with Crippen LogP contribution in [0.2, 0.25) is 0 Å². The van der Waals surface area contributed by atoms with E-state index < -0.39 is 0 Å². The maximum Gasteiger partial charge on any atom is 0.254 e. The Bertz CT molecular complexity index is 1040. The lowest BCUT2D eigenvalue weighted by atomic mass is 9.99. The van der Waals surface area contributed by atoms with Gasteiger partial charge in [0.1, 0.15) is 5.00 Å². The van der Waals surface area contributed by atoms with E-state index in [0.29, 0.717) is 10.6 Å². The van der Waals surface area contributed by atoms with Gasteiger partial charge < -0.3 is 10.6 Å². The molecular formula is C21H21N3O2S. The molecule has 2 N–H and O–H groups in total. The van der Waals surface area contributed by atoms with Gasteiger partial charge in [-0.05, 0) is 55.3 Å². The van der Waals surface area contributed by atoms with Crippen molar-refractivity contribution >= 4 is 39.1 Å². The molecule has 138 valence electrons. The molecule has 2 amide bonds. The molecule has 1 saturated carbocycles. The molecule has 0 atom stereocenters. The Balaban J connectivity index is 1.53. The number of amides is 2. The van der Waals surface area contributed by atoms with Crippen LogP contribution in [0.15, 0.2) is 35.7 Å². The van der Waals surface area contributed by atoms with Gasteiger partial charge in [0.2, 0.25) is 5.91 Å². The van der Waals surface area contributed by atoms with Crippen LogP contribution in [0.4, 0.5) is 5.00 Å². The van der Waals surface area contributed by atoms with Gasteiger partial charge in [-0.3, -0.25) is 14.6 Å². The molecule has 5 nitrogen and oxygen atoms in total. The van der Waals surface area contributed by atoms with E-state index in [1.807, 2.05) is 43.5 Å². The second-order valence-corrected chi connectivity index (χ2v) is 7.87. The first-order chi connectivity index (χ1) is 13.0. The number of carbonyl (C=O) groups is 2. The monoisotopic (exact) mass is 379 g/mol. The van der Waals surface area contributed by atoms with Crippen LogP contribution in [0, 0.1) is 13.8 Å². The first kappa shape index (κ1) is 17.7. The minimum absolute atomic E-state index is 0.117. The fraction of sp³-hybridized carbons (Fsp3) is 0.286. The molecule has 2 heterocycles.